The summed E-state index contributed by atoms with van der Waals surface area (Å²) in [6, 6.07) is 1.86. The molecule has 0 aromatic carbocycles. The van der Waals surface area contributed by atoms with Crippen LogP contribution in [0.1, 0.15) is 21.0 Å². The molecule has 0 saturated carbocycles. The lowest BCUT2D eigenvalue weighted by molar-refractivity contribution is 0.0606. The summed E-state index contributed by atoms with van der Waals surface area (Å²) >= 11 is 7.67. The lowest BCUT2D eigenvalue weighted by Crippen LogP contribution is -2.00. The van der Waals surface area contributed by atoms with Crippen LogP contribution in [-0.4, -0.2) is 22.9 Å². The minimum absolute atomic E-state index is 0.296. The van der Waals surface area contributed by atoms with Gasteiger partial charge in [0.25, 0.3) is 0 Å². The molecule has 2 aromatic rings. The number of halogens is 1. The standard InChI is InChI=1S/C12H11ClN2O2S/c1-17-12(16)10-5-7-9(18-10)3-2-4-15-11(7)8(13)6-14-15/h5-6H,2-4H2,1H3. The summed E-state index contributed by atoms with van der Waals surface area (Å²) in [7, 11) is 1.39. The number of fused-ring (bicyclic) bond motifs is 3. The van der Waals surface area contributed by atoms with Crippen molar-refractivity contribution >= 4 is 28.9 Å². The number of methoxy groups -OCH3 is 1. The molecule has 1 aliphatic heterocycles. The Balaban J connectivity index is 2.17. The lowest BCUT2D eigenvalue weighted by atomic mass is 10.1. The predicted octanol–water partition coefficient (Wildman–Crippen LogP) is 3.00. The van der Waals surface area contributed by atoms with Crippen LogP contribution in [0.5, 0.6) is 0 Å². The van der Waals surface area contributed by atoms with Crippen LogP contribution in [0.25, 0.3) is 11.3 Å². The number of ether oxygens (including phenoxy) is 1. The zero-order valence-electron chi connectivity index (χ0n) is 9.77. The molecular formula is C12H11ClN2O2S. The van der Waals surface area contributed by atoms with E-state index in [0.717, 1.165) is 30.6 Å². The molecule has 4 nitrogen and oxygen atoms in total. The van der Waals surface area contributed by atoms with Crippen molar-refractivity contribution in [3.63, 3.8) is 0 Å². The van der Waals surface area contributed by atoms with E-state index in [0.29, 0.717) is 9.90 Å². The minimum atomic E-state index is -0.296. The summed E-state index contributed by atoms with van der Waals surface area (Å²) in [5.41, 5.74) is 1.93. The van der Waals surface area contributed by atoms with Gasteiger partial charge in [-0.1, -0.05) is 11.6 Å². The molecule has 0 aliphatic carbocycles. The molecule has 0 saturated heterocycles. The van der Waals surface area contributed by atoms with Gasteiger partial charge in [0.2, 0.25) is 0 Å². The monoisotopic (exact) mass is 282 g/mol. The maximum atomic E-state index is 11.6. The molecule has 0 spiro atoms. The van der Waals surface area contributed by atoms with Crippen molar-refractivity contribution in [3.8, 4) is 11.3 Å². The molecule has 1 aliphatic rings. The van der Waals surface area contributed by atoms with E-state index in [1.807, 2.05) is 10.7 Å². The second-order valence-electron chi connectivity index (χ2n) is 4.11. The highest BCUT2D eigenvalue weighted by atomic mass is 35.5. The maximum Gasteiger partial charge on any atom is 0.348 e. The number of rotatable bonds is 1. The first kappa shape index (κ1) is 11.7. The van der Waals surface area contributed by atoms with E-state index >= 15 is 0 Å². The number of aryl methyl sites for hydroxylation is 2. The van der Waals surface area contributed by atoms with Gasteiger partial charge in [-0.25, -0.2) is 4.79 Å². The molecule has 0 unspecified atom stereocenters. The number of thiophene rings is 1. The third kappa shape index (κ3) is 1.74. The van der Waals surface area contributed by atoms with Crippen LogP contribution < -0.4 is 0 Å². The molecule has 0 radical (unpaired) electrons. The number of aromatic nitrogens is 2. The van der Waals surface area contributed by atoms with Crippen molar-refractivity contribution in [2.45, 2.75) is 19.4 Å². The molecule has 0 N–H and O–H groups in total. The van der Waals surface area contributed by atoms with E-state index in [4.69, 9.17) is 16.3 Å². The first-order valence-electron chi connectivity index (χ1n) is 5.63. The minimum Gasteiger partial charge on any atom is -0.465 e. The Morgan fingerprint density at radius 1 is 1.61 bits per heavy atom. The summed E-state index contributed by atoms with van der Waals surface area (Å²) in [6.07, 6.45) is 3.59. The second-order valence-corrected chi connectivity index (χ2v) is 5.65. The van der Waals surface area contributed by atoms with Gasteiger partial charge in [0.15, 0.2) is 0 Å². The smallest absolute Gasteiger partial charge is 0.348 e. The fourth-order valence-corrected chi connectivity index (χ4v) is 3.57. The highest BCUT2D eigenvalue weighted by Crippen LogP contribution is 2.38. The number of hydrogen-bond acceptors (Lipinski definition) is 4. The van der Waals surface area contributed by atoms with Crippen LogP contribution in [0.2, 0.25) is 5.02 Å². The largest absolute Gasteiger partial charge is 0.465 e. The topological polar surface area (TPSA) is 44.1 Å². The maximum absolute atomic E-state index is 11.6. The van der Waals surface area contributed by atoms with Crippen LogP contribution >= 0.6 is 22.9 Å². The summed E-state index contributed by atoms with van der Waals surface area (Å²) in [6.45, 7) is 0.858. The summed E-state index contributed by atoms with van der Waals surface area (Å²) < 4.78 is 6.67. The molecule has 2 aromatic heterocycles. The molecule has 0 fully saturated rings. The van der Waals surface area contributed by atoms with Gasteiger partial charge in [-0.05, 0) is 18.9 Å². The van der Waals surface area contributed by atoms with Gasteiger partial charge in [-0.2, -0.15) is 5.10 Å². The van der Waals surface area contributed by atoms with Gasteiger partial charge in [-0.15, -0.1) is 11.3 Å². The Bertz CT molecular complexity index is 618. The fourth-order valence-electron chi connectivity index (χ4n) is 2.21. The number of carbonyl (C=O) groups excluding carboxylic acids is 1. The van der Waals surface area contributed by atoms with E-state index < -0.39 is 0 Å². The van der Waals surface area contributed by atoms with E-state index in [2.05, 4.69) is 5.10 Å². The van der Waals surface area contributed by atoms with Crippen molar-refractivity contribution in [1.29, 1.82) is 0 Å². The van der Waals surface area contributed by atoms with Gasteiger partial charge in [0, 0.05) is 17.0 Å². The number of esters is 1. The molecule has 6 heteroatoms. The van der Waals surface area contributed by atoms with Crippen LogP contribution in [0, 0.1) is 0 Å². The Hall–Kier alpha value is -1.33. The average molecular weight is 283 g/mol. The highest BCUT2D eigenvalue weighted by Gasteiger charge is 2.23. The molecule has 0 bridgehead atoms. The highest BCUT2D eigenvalue weighted by molar-refractivity contribution is 7.14. The van der Waals surface area contributed by atoms with E-state index in [1.165, 1.54) is 23.3 Å². The first-order valence-corrected chi connectivity index (χ1v) is 6.83. The van der Waals surface area contributed by atoms with Crippen LogP contribution in [0.15, 0.2) is 12.3 Å². The average Bonchev–Trinajstić information content (AvgIpc) is 2.89. The number of carbonyl (C=O) groups is 1. The van der Waals surface area contributed by atoms with Gasteiger partial charge in [0.05, 0.1) is 24.0 Å². The quantitative estimate of drug-likeness (QED) is 0.755. The molecule has 18 heavy (non-hydrogen) atoms. The third-order valence-corrected chi connectivity index (χ3v) is 4.47. The summed E-state index contributed by atoms with van der Waals surface area (Å²) in [5, 5.41) is 4.89. The Morgan fingerprint density at radius 2 is 2.44 bits per heavy atom. The van der Waals surface area contributed by atoms with Crippen molar-refractivity contribution < 1.29 is 9.53 Å². The van der Waals surface area contributed by atoms with Crippen LogP contribution in [-0.2, 0) is 17.7 Å². The lowest BCUT2D eigenvalue weighted by Gasteiger charge is -2.02. The molecule has 3 heterocycles. The van der Waals surface area contributed by atoms with Crippen molar-refractivity contribution in [2.75, 3.05) is 7.11 Å². The van der Waals surface area contributed by atoms with Crippen molar-refractivity contribution in [2.24, 2.45) is 0 Å². The number of hydrogen-bond donors (Lipinski definition) is 0. The Labute approximate surface area is 113 Å². The fraction of sp³-hybridized carbons (Fsp3) is 0.333. The summed E-state index contributed by atoms with van der Waals surface area (Å²) in [5.74, 6) is -0.296. The predicted molar refractivity (Wildman–Crippen MR) is 70.2 cm³/mol. The SMILES string of the molecule is COC(=O)c1cc2c(s1)CCCn1ncc(Cl)c1-2. The molecule has 0 amide bonds. The Morgan fingerprint density at radius 3 is 3.22 bits per heavy atom. The Kier molecular flexibility index (Phi) is 2.87. The van der Waals surface area contributed by atoms with Crippen LogP contribution in [0.4, 0.5) is 0 Å². The second kappa shape index (κ2) is 4.40. The van der Waals surface area contributed by atoms with E-state index in [-0.39, 0.29) is 5.97 Å². The first-order chi connectivity index (χ1) is 8.70. The van der Waals surface area contributed by atoms with E-state index in [1.54, 1.807) is 6.20 Å². The van der Waals surface area contributed by atoms with E-state index in [9.17, 15) is 4.79 Å². The van der Waals surface area contributed by atoms with Gasteiger partial charge in [0.1, 0.15) is 4.88 Å². The number of nitrogens with zero attached hydrogens (tertiary/aromatic N) is 2. The summed E-state index contributed by atoms with van der Waals surface area (Å²) in [4.78, 5) is 13.4. The van der Waals surface area contributed by atoms with Gasteiger partial charge < -0.3 is 4.74 Å². The van der Waals surface area contributed by atoms with Crippen LogP contribution in [0.3, 0.4) is 0 Å². The van der Waals surface area contributed by atoms with Crippen molar-refractivity contribution in [1.82, 2.24) is 9.78 Å². The molecule has 0 atom stereocenters. The molecule has 94 valence electrons. The normalized spacial score (nSPS) is 13.7. The van der Waals surface area contributed by atoms with Gasteiger partial charge in [-0.3, -0.25) is 4.68 Å². The zero-order valence-corrected chi connectivity index (χ0v) is 11.3. The molecular weight excluding hydrogens is 272 g/mol. The van der Waals surface area contributed by atoms with Gasteiger partial charge >= 0.3 is 5.97 Å². The molecule has 3 rings (SSSR count). The zero-order chi connectivity index (χ0) is 12.7. The third-order valence-electron chi connectivity index (χ3n) is 3.02. The van der Waals surface area contributed by atoms with Crippen molar-refractivity contribution in [3.05, 3.63) is 27.0 Å².